The fraction of sp³-hybridized carbons (Fsp3) is 0.700. The minimum Gasteiger partial charge on any atom is -0.480 e. The van der Waals surface area contributed by atoms with Gasteiger partial charge in [0.05, 0.1) is 0 Å². The number of hydrogen-bond donors (Lipinski definition) is 2. The zero-order valence-corrected chi connectivity index (χ0v) is 12.8. The van der Waals surface area contributed by atoms with Gasteiger partial charge in [-0.3, -0.25) is 4.79 Å². The lowest BCUT2D eigenvalue weighted by molar-refractivity contribution is -0.143. The van der Waals surface area contributed by atoms with Crippen molar-refractivity contribution in [3.8, 4) is 0 Å². The van der Waals surface area contributed by atoms with Gasteiger partial charge in [-0.25, -0.2) is 0 Å². The zero-order valence-electron chi connectivity index (χ0n) is 10.4. The molecule has 0 fully saturated rings. The van der Waals surface area contributed by atoms with E-state index in [9.17, 15) is 4.79 Å². The highest BCUT2D eigenvalue weighted by molar-refractivity contribution is 8.02. The van der Waals surface area contributed by atoms with Crippen LogP contribution in [0.15, 0.2) is 8.68 Å². The number of aromatic nitrogens is 2. The molecule has 1 rings (SSSR count). The second kappa shape index (κ2) is 7.32. The Kier molecular flexibility index (Phi) is 6.40. The van der Waals surface area contributed by atoms with Gasteiger partial charge in [-0.15, -0.1) is 10.2 Å². The van der Waals surface area contributed by atoms with Crippen molar-refractivity contribution in [1.29, 1.82) is 0 Å². The van der Waals surface area contributed by atoms with Crippen LogP contribution in [0.3, 0.4) is 0 Å². The van der Waals surface area contributed by atoms with Crippen molar-refractivity contribution in [2.75, 3.05) is 12.0 Å². The number of carbonyl (C=O) groups is 1. The van der Waals surface area contributed by atoms with E-state index in [1.807, 2.05) is 6.26 Å². The first-order chi connectivity index (χ1) is 8.51. The molecule has 1 aromatic rings. The van der Waals surface area contributed by atoms with Gasteiger partial charge in [-0.1, -0.05) is 41.8 Å². The molecule has 18 heavy (non-hydrogen) atoms. The van der Waals surface area contributed by atoms with Crippen molar-refractivity contribution in [2.24, 2.45) is 5.73 Å². The molecule has 0 aromatic carbocycles. The molecule has 0 saturated carbocycles. The largest absolute Gasteiger partial charge is 0.480 e. The second-order valence-electron chi connectivity index (χ2n) is 3.80. The van der Waals surface area contributed by atoms with Crippen molar-refractivity contribution < 1.29 is 9.90 Å². The first-order valence-corrected chi connectivity index (χ1v) is 8.57. The summed E-state index contributed by atoms with van der Waals surface area (Å²) in [4.78, 5) is 11.0. The number of carboxylic acid groups (broad SMARTS) is 1. The number of nitrogens with two attached hydrogens (primary N) is 1. The lowest BCUT2D eigenvalue weighted by Crippen LogP contribution is -2.47. The Bertz CT molecular complexity index is 399. The average Bonchev–Trinajstić information content (AvgIpc) is 2.82. The first kappa shape index (κ1) is 15.7. The van der Waals surface area contributed by atoms with E-state index < -0.39 is 11.5 Å². The van der Waals surface area contributed by atoms with Gasteiger partial charge in [0, 0.05) is 5.75 Å². The summed E-state index contributed by atoms with van der Waals surface area (Å²) in [5.41, 5.74) is 4.72. The third kappa shape index (κ3) is 4.42. The third-order valence-electron chi connectivity index (χ3n) is 2.61. The maximum atomic E-state index is 11.0. The fourth-order valence-corrected chi connectivity index (χ4v) is 3.77. The summed E-state index contributed by atoms with van der Waals surface area (Å²) in [5.74, 6) is -0.106. The second-order valence-corrected chi connectivity index (χ2v) is 7.18. The molecule has 1 heterocycles. The number of hydrogen-bond acceptors (Lipinski definition) is 7. The Morgan fingerprint density at radius 1 is 1.50 bits per heavy atom. The van der Waals surface area contributed by atoms with Crippen molar-refractivity contribution in [2.45, 2.75) is 40.4 Å². The van der Waals surface area contributed by atoms with Crippen molar-refractivity contribution in [1.82, 2.24) is 10.2 Å². The molecule has 0 spiro atoms. The molecule has 3 N–H and O–H groups in total. The predicted molar refractivity (Wildman–Crippen MR) is 76.5 cm³/mol. The number of thioether (sulfide) groups is 2. The van der Waals surface area contributed by atoms with Gasteiger partial charge < -0.3 is 10.8 Å². The highest BCUT2D eigenvalue weighted by atomic mass is 32.2. The van der Waals surface area contributed by atoms with Crippen LogP contribution in [0.5, 0.6) is 0 Å². The van der Waals surface area contributed by atoms with Gasteiger partial charge in [-0.05, 0) is 25.5 Å². The van der Waals surface area contributed by atoms with Crippen LogP contribution in [0.25, 0.3) is 0 Å². The van der Waals surface area contributed by atoms with E-state index in [1.165, 1.54) is 0 Å². The van der Waals surface area contributed by atoms with Crippen LogP contribution in [-0.2, 0) is 4.79 Å². The minimum absolute atomic E-state index is 0.447. The van der Waals surface area contributed by atoms with Crippen LogP contribution < -0.4 is 5.73 Å². The monoisotopic (exact) mass is 307 g/mol. The van der Waals surface area contributed by atoms with E-state index in [0.717, 1.165) is 20.9 Å². The van der Waals surface area contributed by atoms with E-state index in [0.29, 0.717) is 12.8 Å². The molecule has 0 aliphatic rings. The summed E-state index contributed by atoms with van der Waals surface area (Å²) in [5, 5.41) is 17.1. The summed E-state index contributed by atoms with van der Waals surface area (Å²) in [6.07, 6.45) is 3.66. The first-order valence-electron chi connectivity index (χ1n) is 5.54. The molecule has 1 atom stereocenters. The van der Waals surface area contributed by atoms with Gasteiger partial charge in [0.2, 0.25) is 0 Å². The summed E-state index contributed by atoms with van der Waals surface area (Å²) < 4.78 is 1.87. The van der Waals surface area contributed by atoms with Crippen molar-refractivity contribution in [3.05, 3.63) is 0 Å². The van der Waals surface area contributed by atoms with E-state index in [-0.39, 0.29) is 0 Å². The quantitative estimate of drug-likeness (QED) is 0.562. The molecule has 1 aromatic heterocycles. The van der Waals surface area contributed by atoms with Crippen LogP contribution >= 0.6 is 34.9 Å². The fourth-order valence-electron chi connectivity index (χ4n) is 1.32. The van der Waals surface area contributed by atoms with E-state index in [4.69, 9.17) is 10.8 Å². The van der Waals surface area contributed by atoms with E-state index in [1.54, 1.807) is 41.8 Å². The number of rotatable bonds is 8. The Hall–Kier alpha value is -0.310. The molecule has 102 valence electrons. The summed E-state index contributed by atoms with van der Waals surface area (Å²) >= 11 is 4.74. The maximum Gasteiger partial charge on any atom is 0.323 e. The summed E-state index contributed by atoms with van der Waals surface area (Å²) in [6.45, 7) is 1.80. The van der Waals surface area contributed by atoms with Gasteiger partial charge >= 0.3 is 5.97 Å². The molecular formula is C10H17N3O2S3. The Labute approximate surface area is 119 Å². The van der Waals surface area contributed by atoms with Crippen LogP contribution in [0.4, 0.5) is 0 Å². The minimum atomic E-state index is -1.09. The number of nitrogens with zero attached hydrogens (tertiary/aromatic N) is 2. The Morgan fingerprint density at radius 2 is 2.17 bits per heavy atom. The summed E-state index contributed by atoms with van der Waals surface area (Å²) in [6, 6.07) is 0. The van der Waals surface area contributed by atoms with Crippen LogP contribution in [0.2, 0.25) is 0 Å². The van der Waals surface area contributed by atoms with Crippen LogP contribution in [0.1, 0.15) is 26.2 Å². The average molecular weight is 307 g/mol. The topological polar surface area (TPSA) is 89.1 Å². The Morgan fingerprint density at radius 3 is 2.67 bits per heavy atom. The van der Waals surface area contributed by atoms with Crippen LogP contribution in [0, 0.1) is 0 Å². The van der Waals surface area contributed by atoms with Gasteiger partial charge in [-0.2, -0.15) is 0 Å². The van der Waals surface area contributed by atoms with Crippen LogP contribution in [-0.4, -0.2) is 38.8 Å². The van der Waals surface area contributed by atoms with Gasteiger partial charge in [0.25, 0.3) is 0 Å². The van der Waals surface area contributed by atoms with E-state index >= 15 is 0 Å². The standard InChI is InChI=1S/C10H17N3O2S3/c1-3-10(11,7(14)15)5-4-6-17-9-13-12-8(16-2)18-9/h3-6,11H2,1-2H3,(H,14,15). The highest BCUT2D eigenvalue weighted by Crippen LogP contribution is 2.28. The SMILES string of the molecule is CCC(N)(CCCSc1nnc(SC)s1)C(=O)O. The number of carboxylic acids is 1. The predicted octanol–water partition coefficient (Wildman–Crippen LogP) is 2.32. The Balaban J connectivity index is 2.32. The van der Waals surface area contributed by atoms with Gasteiger partial charge in [0.1, 0.15) is 5.54 Å². The molecule has 0 bridgehead atoms. The lowest BCUT2D eigenvalue weighted by Gasteiger charge is -2.22. The molecule has 5 nitrogen and oxygen atoms in total. The smallest absolute Gasteiger partial charge is 0.323 e. The zero-order chi connectivity index (χ0) is 13.6. The van der Waals surface area contributed by atoms with Gasteiger partial charge in [0.15, 0.2) is 8.68 Å². The highest BCUT2D eigenvalue weighted by Gasteiger charge is 2.30. The molecular weight excluding hydrogens is 290 g/mol. The molecule has 0 amide bonds. The molecule has 0 aliphatic heterocycles. The molecule has 0 radical (unpaired) electrons. The van der Waals surface area contributed by atoms with Crippen molar-refractivity contribution >= 4 is 40.8 Å². The molecule has 1 unspecified atom stereocenters. The normalized spacial score (nSPS) is 14.4. The van der Waals surface area contributed by atoms with E-state index in [2.05, 4.69) is 10.2 Å². The molecule has 0 aliphatic carbocycles. The number of aliphatic carboxylic acids is 1. The molecule has 0 saturated heterocycles. The maximum absolute atomic E-state index is 11.0. The lowest BCUT2D eigenvalue weighted by atomic mass is 9.92. The molecule has 8 heteroatoms. The van der Waals surface area contributed by atoms with Crippen molar-refractivity contribution in [3.63, 3.8) is 0 Å². The third-order valence-corrected chi connectivity index (χ3v) is 5.73. The summed E-state index contributed by atoms with van der Waals surface area (Å²) in [7, 11) is 0.